The first-order valence-corrected chi connectivity index (χ1v) is 8.83. The fourth-order valence-corrected chi connectivity index (χ4v) is 3.17. The number of likely N-dealkylation sites (tertiary alicyclic amines) is 1. The van der Waals surface area contributed by atoms with Crippen molar-refractivity contribution in [1.29, 1.82) is 0 Å². The van der Waals surface area contributed by atoms with Crippen LogP contribution in [0.4, 0.5) is 5.82 Å². The Morgan fingerprint density at radius 3 is 2.63 bits per heavy atom. The van der Waals surface area contributed by atoms with Crippen molar-refractivity contribution in [2.45, 2.75) is 20.3 Å². The zero-order chi connectivity index (χ0) is 19.6. The van der Waals surface area contributed by atoms with Gasteiger partial charge in [0.15, 0.2) is 5.78 Å². The lowest BCUT2D eigenvalue weighted by atomic mass is 9.98. The second-order valence-electron chi connectivity index (χ2n) is 6.79. The molecule has 3 rings (SSSR count). The second-order valence-corrected chi connectivity index (χ2v) is 6.79. The lowest BCUT2D eigenvalue weighted by Crippen LogP contribution is -2.38. The van der Waals surface area contributed by atoms with Crippen LogP contribution in [0.25, 0.3) is 5.69 Å². The van der Waals surface area contributed by atoms with Crippen molar-refractivity contribution in [2.24, 2.45) is 5.92 Å². The third-order valence-corrected chi connectivity index (χ3v) is 4.75. The van der Waals surface area contributed by atoms with E-state index in [1.54, 1.807) is 9.58 Å². The summed E-state index contributed by atoms with van der Waals surface area (Å²) < 4.78 is 1.54. The Morgan fingerprint density at radius 2 is 1.96 bits per heavy atom. The van der Waals surface area contributed by atoms with E-state index in [1.165, 1.54) is 13.1 Å². The number of nitrogen functional groups attached to an aromatic ring is 1. The summed E-state index contributed by atoms with van der Waals surface area (Å²) in [5.41, 5.74) is 8.45. The van der Waals surface area contributed by atoms with E-state index in [0.29, 0.717) is 30.9 Å². The SMILES string of the molecule is CC(=O)NCC(=O)N1CC[C@@H](C(=O)c2cnn(-c3ccc(C)cc3)c2N)C1. The smallest absolute Gasteiger partial charge is 0.241 e. The van der Waals surface area contributed by atoms with E-state index in [4.69, 9.17) is 5.73 Å². The number of rotatable bonds is 5. The van der Waals surface area contributed by atoms with Crippen LogP contribution in [0.3, 0.4) is 0 Å². The topological polar surface area (TPSA) is 110 Å². The van der Waals surface area contributed by atoms with Gasteiger partial charge >= 0.3 is 0 Å². The van der Waals surface area contributed by atoms with E-state index in [0.717, 1.165) is 11.3 Å². The Hall–Kier alpha value is -3.16. The highest BCUT2D eigenvalue weighted by atomic mass is 16.2. The molecule has 3 N–H and O–H groups in total. The molecule has 1 saturated heterocycles. The fraction of sp³-hybridized carbons (Fsp3) is 0.368. The van der Waals surface area contributed by atoms with Gasteiger partial charge < -0.3 is 16.0 Å². The molecule has 1 fully saturated rings. The van der Waals surface area contributed by atoms with Crippen LogP contribution in [0.2, 0.25) is 0 Å². The maximum absolute atomic E-state index is 12.9. The predicted molar refractivity (Wildman–Crippen MR) is 100 cm³/mol. The number of amides is 2. The van der Waals surface area contributed by atoms with Crippen LogP contribution < -0.4 is 11.1 Å². The van der Waals surface area contributed by atoms with Gasteiger partial charge in [-0.05, 0) is 25.5 Å². The largest absolute Gasteiger partial charge is 0.383 e. The fourth-order valence-electron chi connectivity index (χ4n) is 3.17. The number of ketones is 1. The number of aromatic nitrogens is 2. The van der Waals surface area contributed by atoms with Crippen molar-refractivity contribution >= 4 is 23.4 Å². The monoisotopic (exact) mass is 369 g/mol. The number of Topliss-reactive ketones (excluding diaryl/α,β-unsaturated/α-hetero) is 1. The molecule has 8 heteroatoms. The summed E-state index contributed by atoms with van der Waals surface area (Å²) in [4.78, 5) is 37.5. The Kier molecular flexibility index (Phi) is 5.25. The van der Waals surface area contributed by atoms with Crippen LogP contribution >= 0.6 is 0 Å². The van der Waals surface area contributed by atoms with Crippen molar-refractivity contribution in [3.05, 3.63) is 41.6 Å². The van der Waals surface area contributed by atoms with Crippen LogP contribution in [0.1, 0.15) is 29.3 Å². The third kappa shape index (κ3) is 3.99. The summed E-state index contributed by atoms with van der Waals surface area (Å²) in [6, 6.07) is 7.69. The minimum Gasteiger partial charge on any atom is -0.383 e. The number of anilines is 1. The van der Waals surface area contributed by atoms with Gasteiger partial charge in [-0.15, -0.1) is 0 Å². The summed E-state index contributed by atoms with van der Waals surface area (Å²) in [5.74, 6) is -0.577. The molecule has 1 aromatic carbocycles. The molecule has 27 heavy (non-hydrogen) atoms. The quantitative estimate of drug-likeness (QED) is 0.762. The Bertz CT molecular complexity index is 872. The molecule has 0 spiro atoms. The normalized spacial score (nSPS) is 16.4. The van der Waals surface area contributed by atoms with Gasteiger partial charge in [-0.25, -0.2) is 4.68 Å². The standard InChI is InChI=1S/C19H23N5O3/c1-12-3-5-15(6-4-12)24-19(20)16(9-22-24)18(27)14-7-8-23(11-14)17(26)10-21-13(2)25/h3-6,9,14H,7-8,10-11,20H2,1-2H3,(H,21,25)/t14-/m1/s1. The number of aryl methyl sites for hydroxylation is 1. The van der Waals surface area contributed by atoms with E-state index in [1.807, 2.05) is 31.2 Å². The van der Waals surface area contributed by atoms with Gasteiger partial charge in [0.2, 0.25) is 11.8 Å². The van der Waals surface area contributed by atoms with Crippen LogP contribution in [0, 0.1) is 12.8 Å². The highest BCUT2D eigenvalue weighted by Gasteiger charge is 2.33. The van der Waals surface area contributed by atoms with Gasteiger partial charge in [0, 0.05) is 25.9 Å². The van der Waals surface area contributed by atoms with Crippen LogP contribution in [-0.2, 0) is 9.59 Å². The Morgan fingerprint density at radius 1 is 1.26 bits per heavy atom. The summed E-state index contributed by atoms with van der Waals surface area (Å²) in [7, 11) is 0. The van der Waals surface area contributed by atoms with E-state index >= 15 is 0 Å². The van der Waals surface area contributed by atoms with Crippen molar-refractivity contribution in [1.82, 2.24) is 20.0 Å². The highest BCUT2D eigenvalue weighted by molar-refractivity contribution is 6.02. The van der Waals surface area contributed by atoms with Gasteiger partial charge in [-0.2, -0.15) is 5.10 Å². The number of carbonyl (C=O) groups is 3. The molecule has 2 amide bonds. The summed E-state index contributed by atoms with van der Waals surface area (Å²) in [5, 5.41) is 6.74. The molecule has 1 atom stereocenters. The molecule has 1 aromatic heterocycles. The second kappa shape index (κ2) is 7.61. The molecule has 1 aliphatic heterocycles. The van der Waals surface area contributed by atoms with E-state index in [-0.39, 0.29) is 30.1 Å². The number of hydrogen-bond donors (Lipinski definition) is 2. The first-order valence-electron chi connectivity index (χ1n) is 8.83. The minimum atomic E-state index is -0.316. The maximum atomic E-state index is 12.9. The molecule has 0 bridgehead atoms. The van der Waals surface area contributed by atoms with Crippen LogP contribution in [0.15, 0.2) is 30.5 Å². The first-order chi connectivity index (χ1) is 12.9. The van der Waals surface area contributed by atoms with E-state index in [2.05, 4.69) is 10.4 Å². The van der Waals surface area contributed by atoms with Gasteiger partial charge in [-0.3, -0.25) is 14.4 Å². The van der Waals surface area contributed by atoms with Crippen molar-refractivity contribution < 1.29 is 14.4 Å². The first kappa shape index (κ1) is 18.6. The van der Waals surface area contributed by atoms with Crippen LogP contribution in [0.5, 0.6) is 0 Å². The van der Waals surface area contributed by atoms with Crippen LogP contribution in [-0.4, -0.2) is 51.9 Å². The number of nitrogens with zero attached hydrogens (tertiary/aromatic N) is 3. The molecular weight excluding hydrogens is 346 g/mol. The molecule has 0 saturated carbocycles. The average molecular weight is 369 g/mol. The highest BCUT2D eigenvalue weighted by Crippen LogP contribution is 2.25. The Balaban J connectivity index is 1.69. The molecule has 142 valence electrons. The van der Waals surface area contributed by atoms with Gasteiger partial charge in [0.25, 0.3) is 0 Å². The number of benzene rings is 1. The predicted octanol–water partition coefficient (Wildman–Crippen LogP) is 0.930. The number of nitrogens with two attached hydrogens (primary N) is 1. The molecule has 1 aliphatic rings. The van der Waals surface area contributed by atoms with Gasteiger partial charge in [0.1, 0.15) is 5.82 Å². The van der Waals surface area contributed by atoms with E-state index < -0.39 is 0 Å². The number of nitrogens with one attached hydrogen (secondary N) is 1. The van der Waals surface area contributed by atoms with Gasteiger partial charge in [0.05, 0.1) is 24.0 Å². The Labute approximate surface area is 157 Å². The zero-order valence-electron chi connectivity index (χ0n) is 15.4. The maximum Gasteiger partial charge on any atom is 0.241 e. The lowest BCUT2D eigenvalue weighted by molar-refractivity contribution is -0.131. The van der Waals surface area contributed by atoms with Crippen molar-refractivity contribution in [3.8, 4) is 5.69 Å². The lowest BCUT2D eigenvalue weighted by Gasteiger charge is -2.16. The zero-order valence-corrected chi connectivity index (χ0v) is 15.4. The summed E-state index contributed by atoms with van der Waals surface area (Å²) in [6.07, 6.45) is 2.05. The van der Waals surface area contributed by atoms with E-state index in [9.17, 15) is 14.4 Å². The van der Waals surface area contributed by atoms with Crippen molar-refractivity contribution in [2.75, 3.05) is 25.4 Å². The van der Waals surface area contributed by atoms with Gasteiger partial charge in [-0.1, -0.05) is 17.7 Å². The molecule has 0 aliphatic carbocycles. The number of hydrogen-bond acceptors (Lipinski definition) is 5. The third-order valence-electron chi connectivity index (χ3n) is 4.75. The molecular formula is C19H23N5O3. The van der Waals surface area contributed by atoms with Crippen molar-refractivity contribution in [3.63, 3.8) is 0 Å². The summed E-state index contributed by atoms with van der Waals surface area (Å²) >= 11 is 0. The minimum absolute atomic E-state index is 0.0518. The molecule has 2 aromatic rings. The molecule has 0 unspecified atom stereocenters. The summed E-state index contributed by atoms with van der Waals surface area (Å²) in [6.45, 7) is 4.11. The molecule has 0 radical (unpaired) electrons. The number of carbonyl (C=O) groups excluding carboxylic acids is 3. The average Bonchev–Trinajstić information content (AvgIpc) is 3.27. The molecule has 8 nitrogen and oxygen atoms in total. The molecule has 2 heterocycles.